The number of nitrogens with zero attached hydrogens (tertiary/aromatic N) is 2. The molecule has 0 aliphatic rings. The van der Waals surface area contributed by atoms with Gasteiger partial charge in [-0.05, 0) is 74.5 Å². The van der Waals surface area contributed by atoms with Crippen molar-refractivity contribution in [2.75, 3.05) is 13.6 Å². The maximum absolute atomic E-state index is 13.2. The minimum atomic E-state index is -0.249. The lowest BCUT2D eigenvalue weighted by Gasteiger charge is -2.16. The van der Waals surface area contributed by atoms with Gasteiger partial charge in [0.05, 0.1) is 5.69 Å². The lowest BCUT2D eigenvalue weighted by molar-refractivity contribution is 0.321. The minimum Gasteiger partial charge on any atom is -0.302 e. The van der Waals surface area contributed by atoms with E-state index < -0.39 is 0 Å². The van der Waals surface area contributed by atoms with Gasteiger partial charge in [-0.2, -0.15) is 5.10 Å². The molecule has 0 amide bonds. The number of aromatic nitrogens is 2. The molecule has 0 fully saturated rings. The largest absolute Gasteiger partial charge is 0.302 e. The lowest BCUT2D eigenvalue weighted by atomic mass is 10.1. The average molecular weight is 341 g/mol. The Labute approximate surface area is 146 Å². The first-order valence-electron chi connectivity index (χ1n) is 8.33. The molecule has 5 heteroatoms. The highest BCUT2D eigenvalue weighted by Crippen LogP contribution is 2.18. The maximum Gasteiger partial charge on any atom is 0.123 e. The zero-order valence-corrected chi connectivity index (χ0v) is 14.2. The normalized spacial score (nSPS) is 11.2. The molecule has 3 rings (SSSR count). The smallest absolute Gasteiger partial charge is 0.123 e. The van der Waals surface area contributed by atoms with Crippen LogP contribution in [0.15, 0.2) is 54.6 Å². The van der Waals surface area contributed by atoms with Gasteiger partial charge in [0, 0.05) is 17.8 Å². The molecule has 0 bridgehead atoms. The molecule has 3 aromatic rings. The summed E-state index contributed by atoms with van der Waals surface area (Å²) in [5.41, 5.74) is 3.75. The topological polar surface area (TPSA) is 31.9 Å². The second-order valence-electron chi connectivity index (χ2n) is 6.26. The number of aryl methyl sites for hydroxylation is 1. The van der Waals surface area contributed by atoms with Gasteiger partial charge in [0.15, 0.2) is 0 Å². The first-order chi connectivity index (χ1) is 12.1. The Bertz CT molecular complexity index is 812. The summed E-state index contributed by atoms with van der Waals surface area (Å²) < 4.78 is 26.2. The summed E-state index contributed by atoms with van der Waals surface area (Å²) in [7, 11) is 2.03. The van der Waals surface area contributed by atoms with Gasteiger partial charge < -0.3 is 4.90 Å². The molecule has 0 unspecified atom stereocenters. The molecule has 25 heavy (non-hydrogen) atoms. The van der Waals surface area contributed by atoms with Crippen LogP contribution in [0.4, 0.5) is 8.78 Å². The number of H-pyrrole nitrogens is 1. The van der Waals surface area contributed by atoms with Crippen molar-refractivity contribution in [2.24, 2.45) is 0 Å². The SMILES string of the molecule is CN(CCCc1cc(-c2ccc(F)cc2)n[nH]1)Cc1cccc(F)c1. The third-order valence-electron chi connectivity index (χ3n) is 4.10. The number of rotatable bonds is 7. The van der Waals surface area contributed by atoms with E-state index >= 15 is 0 Å². The van der Waals surface area contributed by atoms with E-state index in [1.807, 2.05) is 19.2 Å². The number of hydrogen-bond acceptors (Lipinski definition) is 2. The van der Waals surface area contributed by atoms with Crippen LogP contribution in [-0.4, -0.2) is 28.7 Å². The molecule has 2 aromatic carbocycles. The van der Waals surface area contributed by atoms with Crippen molar-refractivity contribution in [2.45, 2.75) is 19.4 Å². The highest BCUT2D eigenvalue weighted by Gasteiger charge is 2.06. The van der Waals surface area contributed by atoms with E-state index in [2.05, 4.69) is 15.1 Å². The summed E-state index contributed by atoms with van der Waals surface area (Å²) in [5.74, 6) is -0.447. The molecule has 0 atom stereocenters. The first kappa shape index (κ1) is 17.3. The lowest BCUT2D eigenvalue weighted by Crippen LogP contribution is -2.19. The molecular weight excluding hydrogens is 320 g/mol. The van der Waals surface area contributed by atoms with Gasteiger partial charge >= 0.3 is 0 Å². The molecule has 0 spiro atoms. The fourth-order valence-electron chi connectivity index (χ4n) is 2.82. The van der Waals surface area contributed by atoms with Crippen LogP contribution >= 0.6 is 0 Å². The molecule has 130 valence electrons. The summed E-state index contributed by atoms with van der Waals surface area (Å²) in [5, 5.41) is 7.33. The zero-order chi connectivity index (χ0) is 17.6. The Morgan fingerprint density at radius 2 is 1.80 bits per heavy atom. The third-order valence-corrected chi connectivity index (χ3v) is 4.10. The molecule has 1 N–H and O–H groups in total. The first-order valence-corrected chi connectivity index (χ1v) is 8.33. The van der Waals surface area contributed by atoms with Gasteiger partial charge in [-0.1, -0.05) is 12.1 Å². The molecule has 0 saturated carbocycles. The van der Waals surface area contributed by atoms with Crippen molar-refractivity contribution >= 4 is 0 Å². The van der Waals surface area contributed by atoms with E-state index in [0.29, 0.717) is 0 Å². The Kier molecular flexibility index (Phi) is 5.56. The fraction of sp³-hybridized carbons (Fsp3) is 0.250. The van der Waals surface area contributed by atoms with Crippen molar-refractivity contribution in [3.63, 3.8) is 0 Å². The highest BCUT2D eigenvalue weighted by molar-refractivity contribution is 5.58. The van der Waals surface area contributed by atoms with E-state index in [4.69, 9.17) is 0 Å². The van der Waals surface area contributed by atoms with Gasteiger partial charge in [-0.3, -0.25) is 5.10 Å². The van der Waals surface area contributed by atoms with E-state index in [-0.39, 0.29) is 11.6 Å². The fourth-order valence-corrected chi connectivity index (χ4v) is 2.82. The molecule has 1 aromatic heterocycles. The van der Waals surface area contributed by atoms with Crippen LogP contribution in [0.5, 0.6) is 0 Å². The minimum absolute atomic E-state index is 0.198. The summed E-state index contributed by atoms with van der Waals surface area (Å²) in [6.07, 6.45) is 1.85. The van der Waals surface area contributed by atoms with Crippen LogP contribution < -0.4 is 0 Å². The van der Waals surface area contributed by atoms with Gasteiger partial charge in [0.2, 0.25) is 0 Å². The summed E-state index contributed by atoms with van der Waals surface area (Å²) in [6, 6.07) is 15.0. The molecule has 0 aliphatic heterocycles. The third kappa shape index (κ3) is 4.97. The van der Waals surface area contributed by atoms with Gasteiger partial charge in [-0.15, -0.1) is 0 Å². The van der Waals surface area contributed by atoms with Crippen molar-refractivity contribution < 1.29 is 8.78 Å². The monoisotopic (exact) mass is 341 g/mol. The predicted octanol–water partition coefficient (Wildman–Crippen LogP) is 4.42. The Hall–Kier alpha value is -2.53. The Morgan fingerprint density at radius 1 is 1.00 bits per heavy atom. The second kappa shape index (κ2) is 8.03. The standard InChI is InChI=1S/C20H21F2N3/c1-25(14-15-4-2-5-18(22)12-15)11-3-6-19-13-20(24-23-19)16-7-9-17(21)10-8-16/h2,4-5,7-10,12-13H,3,6,11,14H2,1H3,(H,23,24). The van der Waals surface area contributed by atoms with Crippen molar-refractivity contribution in [3.8, 4) is 11.3 Å². The maximum atomic E-state index is 13.2. The van der Waals surface area contributed by atoms with Crippen LogP contribution in [-0.2, 0) is 13.0 Å². The summed E-state index contributed by atoms with van der Waals surface area (Å²) in [4.78, 5) is 2.17. The summed E-state index contributed by atoms with van der Waals surface area (Å²) >= 11 is 0. The number of hydrogen-bond donors (Lipinski definition) is 1. The van der Waals surface area contributed by atoms with Crippen molar-refractivity contribution in [1.82, 2.24) is 15.1 Å². The van der Waals surface area contributed by atoms with Crippen LogP contribution in [0.25, 0.3) is 11.3 Å². The van der Waals surface area contributed by atoms with E-state index in [1.54, 1.807) is 24.3 Å². The molecule has 0 radical (unpaired) electrons. The zero-order valence-electron chi connectivity index (χ0n) is 14.2. The van der Waals surface area contributed by atoms with Gasteiger partial charge in [0.1, 0.15) is 11.6 Å². The number of nitrogens with one attached hydrogen (secondary N) is 1. The highest BCUT2D eigenvalue weighted by atomic mass is 19.1. The molecule has 0 aliphatic carbocycles. The van der Waals surface area contributed by atoms with Crippen LogP contribution in [0.3, 0.4) is 0 Å². The van der Waals surface area contributed by atoms with Crippen molar-refractivity contribution in [1.29, 1.82) is 0 Å². The average Bonchev–Trinajstić information content (AvgIpc) is 3.04. The predicted molar refractivity (Wildman–Crippen MR) is 95.0 cm³/mol. The molecule has 1 heterocycles. The van der Waals surface area contributed by atoms with Crippen LogP contribution in [0, 0.1) is 11.6 Å². The summed E-state index contributed by atoms with van der Waals surface area (Å²) in [6.45, 7) is 1.63. The van der Waals surface area contributed by atoms with E-state index in [0.717, 1.165) is 48.4 Å². The Morgan fingerprint density at radius 3 is 2.56 bits per heavy atom. The van der Waals surface area contributed by atoms with Gasteiger partial charge in [-0.25, -0.2) is 8.78 Å². The molecule has 3 nitrogen and oxygen atoms in total. The molecular formula is C20H21F2N3. The van der Waals surface area contributed by atoms with Crippen LogP contribution in [0.2, 0.25) is 0 Å². The van der Waals surface area contributed by atoms with Gasteiger partial charge in [0.25, 0.3) is 0 Å². The number of benzene rings is 2. The van der Waals surface area contributed by atoms with Crippen molar-refractivity contribution in [3.05, 3.63) is 77.5 Å². The number of aromatic amines is 1. The van der Waals surface area contributed by atoms with E-state index in [9.17, 15) is 8.78 Å². The number of halogens is 2. The van der Waals surface area contributed by atoms with E-state index in [1.165, 1.54) is 18.2 Å². The quantitative estimate of drug-likeness (QED) is 0.690. The second-order valence-corrected chi connectivity index (χ2v) is 6.26. The molecule has 0 saturated heterocycles. The van der Waals surface area contributed by atoms with Crippen LogP contribution in [0.1, 0.15) is 17.7 Å². The Balaban J connectivity index is 1.48.